The third-order valence-corrected chi connectivity index (χ3v) is 6.51. The second kappa shape index (κ2) is 11.2. The first-order valence-electron chi connectivity index (χ1n) is 12.4. The lowest BCUT2D eigenvalue weighted by molar-refractivity contribution is 0.0125. The summed E-state index contributed by atoms with van der Waals surface area (Å²) in [6, 6.07) is 24.8. The Labute approximate surface area is 203 Å². The minimum Gasteiger partial charge on any atom is -0.373 e. The minimum absolute atomic E-state index is 0.0624. The van der Waals surface area contributed by atoms with Crippen molar-refractivity contribution in [2.75, 3.05) is 13.2 Å². The Morgan fingerprint density at radius 1 is 0.529 bits per heavy atom. The first kappa shape index (κ1) is 22.5. The summed E-state index contributed by atoms with van der Waals surface area (Å²) in [5, 5.41) is 0. The Kier molecular flexibility index (Phi) is 7.42. The van der Waals surface area contributed by atoms with Gasteiger partial charge in [0.05, 0.1) is 12.2 Å². The van der Waals surface area contributed by atoms with E-state index in [1.165, 1.54) is 12.8 Å². The van der Waals surface area contributed by atoms with Gasteiger partial charge in [-0.1, -0.05) is 60.1 Å². The number of ether oxygens (including phenoxy) is 2. The van der Waals surface area contributed by atoms with Crippen LogP contribution in [0.25, 0.3) is 0 Å². The third-order valence-electron chi connectivity index (χ3n) is 6.51. The molecule has 3 aromatic rings. The maximum absolute atomic E-state index is 6.21. The van der Waals surface area contributed by atoms with E-state index in [2.05, 4.69) is 60.1 Å². The van der Waals surface area contributed by atoms with Crippen molar-refractivity contribution in [3.8, 4) is 23.7 Å². The molecule has 2 unspecified atom stereocenters. The Morgan fingerprint density at radius 2 is 0.971 bits per heavy atom. The van der Waals surface area contributed by atoms with E-state index in [-0.39, 0.29) is 12.2 Å². The van der Waals surface area contributed by atoms with Crippen LogP contribution in [0.5, 0.6) is 0 Å². The minimum atomic E-state index is 0.0624. The highest BCUT2D eigenvalue weighted by Crippen LogP contribution is 2.36. The number of benzene rings is 3. The van der Waals surface area contributed by atoms with Gasteiger partial charge in [0.1, 0.15) is 0 Å². The molecule has 0 amide bonds. The molecule has 2 heteroatoms. The lowest BCUT2D eigenvalue weighted by Crippen LogP contribution is -2.16. The van der Waals surface area contributed by atoms with Gasteiger partial charge in [0, 0.05) is 35.5 Å². The van der Waals surface area contributed by atoms with Crippen molar-refractivity contribution in [3.05, 3.63) is 106 Å². The summed E-state index contributed by atoms with van der Waals surface area (Å²) in [5.74, 6) is 13.7. The summed E-state index contributed by atoms with van der Waals surface area (Å²) in [4.78, 5) is 0. The molecule has 2 fully saturated rings. The fourth-order valence-corrected chi connectivity index (χ4v) is 4.68. The molecule has 0 N–H and O–H groups in total. The van der Waals surface area contributed by atoms with Gasteiger partial charge >= 0.3 is 0 Å². The highest BCUT2D eigenvalue weighted by atomic mass is 16.5. The van der Waals surface area contributed by atoms with Crippen molar-refractivity contribution < 1.29 is 9.47 Å². The zero-order valence-corrected chi connectivity index (χ0v) is 19.6. The molecule has 2 aliphatic rings. The van der Waals surface area contributed by atoms with Crippen LogP contribution in [0.15, 0.2) is 72.8 Å². The Balaban J connectivity index is 1.62. The van der Waals surface area contributed by atoms with Crippen LogP contribution in [0.1, 0.15) is 84.1 Å². The highest BCUT2D eigenvalue weighted by molar-refractivity contribution is 5.56. The van der Waals surface area contributed by atoms with Gasteiger partial charge in [-0.25, -0.2) is 0 Å². The molecule has 0 bridgehead atoms. The summed E-state index contributed by atoms with van der Waals surface area (Å²) in [6.45, 7) is 1.60. The lowest BCUT2D eigenvalue weighted by Gasteiger charge is -2.27. The maximum atomic E-state index is 6.21. The number of rotatable bonds is 2. The van der Waals surface area contributed by atoms with Gasteiger partial charge in [-0.2, -0.15) is 0 Å². The van der Waals surface area contributed by atoms with Gasteiger partial charge in [-0.15, -0.1) is 0 Å². The molecule has 2 nitrogen and oxygen atoms in total. The summed E-state index contributed by atoms with van der Waals surface area (Å²) in [5.41, 5.74) is 6.40. The van der Waals surface area contributed by atoms with Crippen molar-refractivity contribution in [2.45, 2.75) is 50.7 Å². The Bertz CT molecular complexity index is 1110. The summed E-state index contributed by atoms with van der Waals surface area (Å²) in [6.07, 6.45) is 6.76. The van der Waals surface area contributed by atoms with E-state index in [1.807, 2.05) is 36.4 Å². The van der Waals surface area contributed by atoms with Crippen LogP contribution in [0.3, 0.4) is 0 Å². The van der Waals surface area contributed by atoms with Gasteiger partial charge in [0.25, 0.3) is 0 Å². The van der Waals surface area contributed by atoms with Crippen molar-refractivity contribution in [3.63, 3.8) is 0 Å². The number of hydrogen-bond donors (Lipinski definition) is 0. The van der Waals surface area contributed by atoms with Crippen LogP contribution in [0.2, 0.25) is 0 Å². The largest absolute Gasteiger partial charge is 0.373 e. The molecule has 170 valence electrons. The van der Waals surface area contributed by atoms with Gasteiger partial charge in [-0.05, 0) is 86.1 Å². The van der Waals surface area contributed by atoms with Crippen LogP contribution in [-0.2, 0) is 9.47 Å². The standard InChI is InChI=1S/C32H30O2/c1-3-11-25(12-4-1)17-19-27-23-30(32-16-8-10-22-34-32)28(20-18-26-13-5-2-6-14-26)24-29(27)31-15-7-9-21-33-31/h1-6,11-14,23-24,31-32H,7-10,15-16,21-22H2. The molecule has 5 rings (SSSR count). The monoisotopic (exact) mass is 446 g/mol. The first-order chi connectivity index (χ1) is 16.9. The quantitative estimate of drug-likeness (QED) is 0.396. The topological polar surface area (TPSA) is 18.5 Å². The van der Waals surface area contributed by atoms with Crippen LogP contribution in [-0.4, -0.2) is 13.2 Å². The molecule has 3 aromatic carbocycles. The molecule has 0 spiro atoms. The summed E-state index contributed by atoms with van der Waals surface area (Å²) >= 11 is 0. The lowest BCUT2D eigenvalue weighted by atomic mass is 9.88. The van der Waals surface area contributed by atoms with Gasteiger partial charge in [0.15, 0.2) is 0 Å². The molecule has 0 saturated carbocycles. The SMILES string of the molecule is C(#Cc1cc(C2CCCCO2)c(C#Cc2ccccc2)cc1C1CCCCO1)c1ccccc1. The second-order valence-corrected chi connectivity index (χ2v) is 8.97. The highest BCUT2D eigenvalue weighted by Gasteiger charge is 2.24. The van der Waals surface area contributed by atoms with Crippen LogP contribution in [0.4, 0.5) is 0 Å². The van der Waals surface area contributed by atoms with E-state index in [4.69, 9.17) is 9.47 Å². The normalized spacial score (nSPS) is 19.9. The van der Waals surface area contributed by atoms with Crippen molar-refractivity contribution in [2.24, 2.45) is 0 Å². The van der Waals surface area contributed by atoms with Gasteiger partial charge in [-0.3, -0.25) is 0 Å². The maximum Gasteiger partial charge on any atom is 0.0837 e. The number of hydrogen-bond acceptors (Lipinski definition) is 2. The van der Waals surface area contributed by atoms with E-state index in [0.717, 1.165) is 72.3 Å². The predicted octanol–water partition coefficient (Wildman–Crippen LogP) is 6.97. The van der Waals surface area contributed by atoms with Crippen LogP contribution >= 0.6 is 0 Å². The van der Waals surface area contributed by atoms with E-state index >= 15 is 0 Å². The van der Waals surface area contributed by atoms with Gasteiger partial charge < -0.3 is 9.47 Å². The van der Waals surface area contributed by atoms with Crippen molar-refractivity contribution in [1.29, 1.82) is 0 Å². The predicted molar refractivity (Wildman–Crippen MR) is 136 cm³/mol. The smallest absolute Gasteiger partial charge is 0.0837 e. The average molecular weight is 447 g/mol. The molecule has 0 aromatic heterocycles. The van der Waals surface area contributed by atoms with Crippen molar-refractivity contribution in [1.82, 2.24) is 0 Å². The van der Waals surface area contributed by atoms with E-state index in [1.54, 1.807) is 0 Å². The third kappa shape index (κ3) is 5.60. The van der Waals surface area contributed by atoms with E-state index < -0.39 is 0 Å². The zero-order chi connectivity index (χ0) is 23.0. The van der Waals surface area contributed by atoms with E-state index in [0.29, 0.717) is 0 Å². The molecule has 34 heavy (non-hydrogen) atoms. The Morgan fingerprint density at radius 3 is 1.35 bits per heavy atom. The van der Waals surface area contributed by atoms with Crippen molar-refractivity contribution >= 4 is 0 Å². The summed E-state index contributed by atoms with van der Waals surface area (Å²) < 4.78 is 12.4. The molecular weight excluding hydrogens is 416 g/mol. The van der Waals surface area contributed by atoms with Gasteiger partial charge in [0.2, 0.25) is 0 Å². The molecule has 2 heterocycles. The van der Waals surface area contributed by atoms with Crippen LogP contribution in [0, 0.1) is 23.7 Å². The fraction of sp³-hybridized carbons (Fsp3) is 0.312. The van der Waals surface area contributed by atoms with E-state index in [9.17, 15) is 0 Å². The molecule has 0 aliphatic carbocycles. The molecule has 2 atom stereocenters. The van der Waals surface area contributed by atoms with Crippen LogP contribution < -0.4 is 0 Å². The molecular formula is C32H30O2. The second-order valence-electron chi connectivity index (χ2n) is 8.97. The molecule has 2 saturated heterocycles. The summed E-state index contributed by atoms with van der Waals surface area (Å²) in [7, 11) is 0. The average Bonchev–Trinajstić information content (AvgIpc) is 2.93. The Hall–Kier alpha value is -3.30. The molecule has 2 aliphatic heterocycles. The first-order valence-corrected chi connectivity index (χ1v) is 12.4. The molecule has 0 radical (unpaired) electrons. The zero-order valence-electron chi connectivity index (χ0n) is 19.6. The fourth-order valence-electron chi connectivity index (χ4n) is 4.68.